The van der Waals surface area contributed by atoms with Crippen molar-refractivity contribution in [2.45, 2.75) is 44.9 Å². The van der Waals surface area contributed by atoms with Crippen LogP contribution in [-0.4, -0.2) is 115 Å². The minimum Gasteiger partial charge on any atom is -0.457 e. The second kappa shape index (κ2) is 21.5. The molecule has 0 saturated heterocycles. The van der Waals surface area contributed by atoms with Gasteiger partial charge in [-0.1, -0.05) is 25.1 Å². The molecule has 5 heterocycles. The summed E-state index contributed by atoms with van der Waals surface area (Å²) in [6.45, 7) is 1.75. The number of hydrogen-bond acceptors (Lipinski definition) is 14. The number of ether oxygens (including phenoxy) is 5. The number of cyclic esters (lactones) is 1. The minimum atomic E-state index is -1.91. The Bertz CT molecular complexity index is 2240. The van der Waals surface area contributed by atoms with E-state index in [9.17, 15) is 28.8 Å². The van der Waals surface area contributed by atoms with E-state index in [0.717, 1.165) is 34.4 Å². The molecule has 0 fully saturated rings. The van der Waals surface area contributed by atoms with E-state index in [1.54, 1.807) is 41.7 Å². The summed E-state index contributed by atoms with van der Waals surface area (Å²) in [5, 5.41) is 8.75. The van der Waals surface area contributed by atoms with Crippen LogP contribution >= 0.6 is 11.8 Å². The van der Waals surface area contributed by atoms with Gasteiger partial charge in [0.1, 0.15) is 26.4 Å². The molecule has 2 aliphatic rings. The lowest BCUT2D eigenvalue weighted by Gasteiger charge is -2.35. The van der Waals surface area contributed by atoms with Crippen LogP contribution in [0.15, 0.2) is 65.7 Å². The zero-order chi connectivity index (χ0) is 42.3. The van der Waals surface area contributed by atoms with Crippen molar-refractivity contribution in [3.63, 3.8) is 0 Å². The van der Waals surface area contributed by atoms with Gasteiger partial charge in [0.15, 0.2) is 0 Å². The molecule has 2 aliphatic heterocycles. The van der Waals surface area contributed by atoms with E-state index in [-0.39, 0.29) is 74.5 Å². The summed E-state index contributed by atoms with van der Waals surface area (Å²) < 4.78 is 28.7. The summed E-state index contributed by atoms with van der Waals surface area (Å²) in [5.74, 6) is -1.10. The molecule has 0 aliphatic carbocycles. The number of aromatic nitrogens is 3. The van der Waals surface area contributed by atoms with Crippen LogP contribution in [-0.2, 0) is 72.8 Å². The van der Waals surface area contributed by atoms with Crippen molar-refractivity contribution in [2.75, 3.05) is 70.8 Å². The number of hydrogen-bond donors (Lipinski definition) is 3. The first-order valence-corrected chi connectivity index (χ1v) is 20.9. The molecule has 3 N–H and O–H groups in total. The van der Waals surface area contributed by atoms with E-state index in [1.807, 2.05) is 42.5 Å². The highest BCUT2D eigenvalue weighted by Crippen LogP contribution is 2.41. The lowest BCUT2D eigenvalue weighted by Crippen LogP contribution is -2.48. The van der Waals surface area contributed by atoms with E-state index >= 15 is 0 Å². The van der Waals surface area contributed by atoms with Gasteiger partial charge >= 0.3 is 11.9 Å². The van der Waals surface area contributed by atoms with Gasteiger partial charge in [0.2, 0.25) is 23.3 Å². The van der Waals surface area contributed by atoms with Crippen LogP contribution < -0.4 is 21.5 Å². The molecule has 0 saturated carbocycles. The Kier molecular flexibility index (Phi) is 15.7. The first-order chi connectivity index (χ1) is 29.2. The molecule has 318 valence electrons. The Balaban J connectivity index is 0.823. The van der Waals surface area contributed by atoms with Gasteiger partial charge < -0.3 is 44.2 Å². The highest BCUT2D eigenvalue weighted by Gasteiger charge is 2.50. The molecule has 4 aromatic rings. The zero-order valence-corrected chi connectivity index (χ0v) is 34.1. The molecule has 6 rings (SSSR count). The maximum atomic E-state index is 13.7. The number of para-hydroxylation sites is 1. The van der Waals surface area contributed by atoms with Gasteiger partial charge in [0.05, 0.1) is 55.4 Å². The monoisotopic (exact) mass is 844 g/mol. The molecular weight excluding hydrogens is 797 g/mol. The number of nitrogens with zero attached hydrogens (tertiary/aromatic N) is 3. The van der Waals surface area contributed by atoms with Gasteiger partial charge in [0.25, 0.3) is 5.56 Å². The highest BCUT2D eigenvalue weighted by atomic mass is 32.2. The Morgan fingerprint density at radius 1 is 0.867 bits per heavy atom. The number of thioether (sulfide) groups is 1. The van der Waals surface area contributed by atoms with Crippen LogP contribution in [0.25, 0.3) is 22.3 Å². The summed E-state index contributed by atoms with van der Waals surface area (Å²) in [6, 6.07) is 15.2. The standard InChI is InChI=1S/C42H48N6O11S/c1-2-42(32-22-34-39-30(21-29-5-3-4-6-33(29)47-39)24-48(34)40(53)31(32)25-58-41(42)54)59-38(52)23-46-37(51)27-56-16-14-45-36(50)26-57-18-17-55-15-13-44-35(49)10-20-60-19-9-28-7-11-43-12-8-28/h3-8,11-12,21-22H,2,9-10,13-20,23-27H2,1H3,(H,44,49)(H,45,50)(H,46,51)/t42-/m0/s1. The average Bonchev–Trinajstić information content (AvgIpc) is 3.61. The number of carbonyl (C=O) groups is 5. The molecule has 0 unspecified atom stereocenters. The molecular formula is C42H48N6O11S. The van der Waals surface area contributed by atoms with Crippen molar-refractivity contribution in [3.8, 4) is 11.4 Å². The number of nitrogens with one attached hydrogen (secondary N) is 3. The number of amides is 3. The minimum absolute atomic E-state index is 0.0118. The Morgan fingerprint density at radius 3 is 2.38 bits per heavy atom. The SMILES string of the molecule is CC[C@@]1(OC(=O)CNC(=O)COCCNC(=O)COCCOCCNC(=O)CCSCCc2ccncc2)C(=O)OCc2c1cc1n(c2=O)Cc2cc3ccccc3nc2-1. The van der Waals surface area contributed by atoms with Crippen molar-refractivity contribution >= 4 is 52.3 Å². The summed E-state index contributed by atoms with van der Waals surface area (Å²) in [4.78, 5) is 85.3. The van der Waals surface area contributed by atoms with Crippen molar-refractivity contribution in [1.29, 1.82) is 0 Å². The third-order valence-electron chi connectivity index (χ3n) is 9.84. The van der Waals surface area contributed by atoms with Crippen LogP contribution in [0.5, 0.6) is 0 Å². The molecule has 1 atom stereocenters. The fourth-order valence-electron chi connectivity index (χ4n) is 6.76. The predicted octanol–water partition coefficient (Wildman–Crippen LogP) is 1.79. The maximum absolute atomic E-state index is 13.7. The topological polar surface area (TPSA) is 215 Å². The molecule has 0 spiro atoms. The van der Waals surface area contributed by atoms with Crippen molar-refractivity contribution in [1.82, 2.24) is 30.5 Å². The number of fused-ring (bicyclic) bond motifs is 5. The average molecular weight is 845 g/mol. The fourth-order valence-corrected chi connectivity index (χ4v) is 7.67. The molecule has 17 nitrogen and oxygen atoms in total. The number of carbonyl (C=O) groups excluding carboxylic acids is 5. The van der Waals surface area contributed by atoms with Crippen molar-refractivity contribution in [3.05, 3.63) is 93.5 Å². The van der Waals surface area contributed by atoms with Gasteiger partial charge in [-0.2, -0.15) is 11.8 Å². The Hall–Kier alpha value is -5.69. The Labute approximate surface area is 350 Å². The smallest absolute Gasteiger partial charge is 0.355 e. The van der Waals surface area contributed by atoms with Crippen LogP contribution in [0.4, 0.5) is 0 Å². The van der Waals surface area contributed by atoms with E-state index in [4.69, 9.17) is 28.7 Å². The normalized spacial score (nSPS) is 15.1. The Morgan fingerprint density at radius 2 is 1.58 bits per heavy atom. The van der Waals surface area contributed by atoms with E-state index in [0.29, 0.717) is 37.5 Å². The van der Waals surface area contributed by atoms with Crippen LogP contribution in [0.3, 0.4) is 0 Å². The summed E-state index contributed by atoms with van der Waals surface area (Å²) in [7, 11) is 0. The first-order valence-electron chi connectivity index (χ1n) is 19.7. The van der Waals surface area contributed by atoms with Crippen molar-refractivity contribution < 1.29 is 47.7 Å². The second-order valence-corrected chi connectivity index (χ2v) is 15.1. The predicted molar refractivity (Wildman–Crippen MR) is 220 cm³/mol. The first kappa shape index (κ1) is 43.9. The zero-order valence-electron chi connectivity index (χ0n) is 33.3. The van der Waals surface area contributed by atoms with E-state index in [2.05, 4.69) is 20.9 Å². The second-order valence-electron chi connectivity index (χ2n) is 13.9. The molecule has 3 amide bonds. The molecule has 0 radical (unpaired) electrons. The number of benzene rings is 1. The number of esters is 2. The summed E-state index contributed by atoms with van der Waals surface area (Å²) >= 11 is 1.73. The number of rotatable bonds is 23. The van der Waals surface area contributed by atoms with Crippen LogP contribution in [0.2, 0.25) is 0 Å². The quantitative estimate of drug-likeness (QED) is 0.0632. The molecule has 1 aromatic carbocycles. The summed E-state index contributed by atoms with van der Waals surface area (Å²) in [5.41, 5.74) is 2.11. The third kappa shape index (κ3) is 11.3. The van der Waals surface area contributed by atoms with Gasteiger partial charge in [-0.25, -0.2) is 9.78 Å². The van der Waals surface area contributed by atoms with Gasteiger partial charge in [-0.3, -0.25) is 29.0 Å². The van der Waals surface area contributed by atoms with Crippen molar-refractivity contribution in [2.24, 2.45) is 0 Å². The largest absolute Gasteiger partial charge is 0.457 e. The highest BCUT2D eigenvalue weighted by molar-refractivity contribution is 7.99. The van der Waals surface area contributed by atoms with Gasteiger partial charge in [-0.05, 0) is 54.5 Å². The molecule has 3 aromatic heterocycles. The lowest BCUT2D eigenvalue weighted by atomic mass is 9.85. The van der Waals surface area contributed by atoms with Crippen LogP contribution in [0, 0.1) is 0 Å². The third-order valence-corrected chi connectivity index (χ3v) is 10.8. The van der Waals surface area contributed by atoms with E-state index in [1.165, 1.54) is 5.56 Å². The maximum Gasteiger partial charge on any atom is 0.355 e. The fraction of sp³-hybridized carbons (Fsp3) is 0.429. The number of pyridine rings is 3. The van der Waals surface area contributed by atoms with Gasteiger partial charge in [0, 0.05) is 54.2 Å². The number of aryl methyl sites for hydroxylation is 1. The van der Waals surface area contributed by atoms with E-state index < -0.39 is 36.6 Å². The molecule has 60 heavy (non-hydrogen) atoms. The summed E-state index contributed by atoms with van der Waals surface area (Å²) in [6.07, 6.45) is 4.90. The van der Waals surface area contributed by atoms with Crippen LogP contribution in [0.1, 0.15) is 42.0 Å². The molecule has 18 heteroatoms. The molecule has 0 bridgehead atoms. The lowest BCUT2D eigenvalue weighted by molar-refractivity contribution is -0.189. The van der Waals surface area contributed by atoms with Gasteiger partial charge in [-0.15, -0.1) is 0 Å².